The fraction of sp³-hybridized carbons (Fsp3) is 0.750. The van der Waals surface area contributed by atoms with Crippen LogP contribution in [0.4, 0.5) is 4.39 Å². The van der Waals surface area contributed by atoms with Crippen molar-refractivity contribution in [2.45, 2.75) is 19.5 Å². The first-order valence-electron chi connectivity index (χ1n) is 3.90. The van der Waals surface area contributed by atoms with Crippen molar-refractivity contribution >= 4 is 0 Å². The Kier molecular flexibility index (Phi) is 2.88. The Balaban J connectivity index is 2.45. The van der Waals surface area contributed by atoms with Gasteiger partial charge in [0.1, 0.15) is 6.17 Å². The van der Waals surface area contributed by atoms with Gasteiger partial charge in [0.15, 0.2) is 0 Å². The van der Waals surface area contributed by atoms with E-state index in [0.717, 1.165) is 5.57 Å². The Morgan fingerprint density at radius 1 is 1.82 bits per heavy atom. The van der Waals surface area contributed by atoms with Gasteiger partial charge in [-0.25, -0.2) is 4.39 Å². The molecule has 3 heteroatoms. The number of ether oxygens (including phenoxy) is 1. The van der Waals surface area contributed by atoms with Gasteiger partial charge in [-0.15, -0.1) is 0 Å². The molecule has 1 rings (SSSR count). The lowest BCUT2D eigenvalue weighted by molar-refractivity contribution is 0.281. The second kappa shape index (κ2) is 3.72. The highest BCUT2D eigenvalue weighted by molar-refractivity contribution is 5.09. The maximum absolute atomic E-state index is 13.3. The molecule has 1 aliphatic heterocycles. The van der Waals surface area contributed by atoms with Crippen LogP contribution in [-0.2, 0) is 4.74 Å². The third-order valence-electron chi connectivity index (χ3n) is 1.97. The summed E-state index contributed by atoms with van der Waals surface area (Å²) in [5.74, 6) is -0.0945. The number of hydrogen-bond donors (Lipinski definition) is 1. The predicted molar refractivity (Wildman–Crippen MR) is 41.8 cm³/mol. The molecule has 11 heavy (non-hydrogen) atoms. The quantitative estimate of drug-likeness (QED) is 0.672. The zero-order valence-corrected chi connectivity index (χ0v) is 6.72. The highest BCUT2D eigenvalue weighted by atomic mass is 19.1. The van der Waals surface area contributed by atoms with Gasteiger partial charge in [0, 0.05) is 17.9 Å². The average molecular weight is 159 g/mol. The van der Waals surface area contributed by atoms with E-state index in [-0.39, 0.29) is 5.92 Å². The van der Waals surface area contributed by atoms with Gasteiger partial charge in [0.05, 0.1) is 12.9 Å². The van der Waals surface area contributed by atoms with Gasteiger partial charge in [0.2, 0.25) is 0 Å². The Hall–Kier alpha value is -0.570. The van der Waals surface area contributed by atoms with Crippen molar-refractivity contribution in [3.05, 3.63) is 11.8 Å². The summed E-state index contributed by atoms with van der Waals surface area (Å²) in [7, 11) is 0. The average Bonchev–Trinajstić information content (AvgIpc) is 2.53. The molecule has 2 atom stereocenters. The van der Waals surface area contributed by atoms with Gasteiger partial charge < -0.3 is 10.5 Å². The highest BCUT2D eigenvalue weighted by Crippen LogP contribution is 2.22. The van der Waals surface area contributed by atoms with Crippen molar-refractivity contribution in [2.75, 3.05) is 13.2 Å². The minimum atomic E-state index is -0.914. The van der Waals surface area contributed by atoms with Crippen LogP contribution in [0.5, 0.6) is 0 Å². The summed E-state index contributed by atoms with van der Waals surface area (Å²) in [6.45, 7) is 2.81. The van der Waals surface area contributed by atoms with E-state index in [0.29, 0.717) is 19.6 Å². The summed E-state index contributed by atoms with van der Waals surface area (Å²) < 4.78 is 18.2. The molecule has 2 unspecified atom stereocenters. The number of hydrogen-bond acceptors (Lipinski definition) is 2. The third-order valence-corrected chi connectivity index (χ3v) is 1.97. The van der Waals surface area contributed by atoms with Gasteiger partial charge in [-0.3, -0.25) is 0 Å². The minimum Gasteiger partial charge on any atom is -0.501 e. The van der Waals surface area contributed by atoms with Crippen LogP contribution in [0.3, 0.4) is 0 Å². The van der Waals surface area contributed by atoms with E-state index in [9.17, 15) is 4.39 Å². The number of nitrogens with two attached hydrogens (primary N) is 1. The van der Waals surface area contributed by atoms with Crippen LogP contribution >= 0.6 is 0 Å². The van der Waals surface area contributed by atoms with Crippen molar-refractivity contribution < 1.29 is 9.13 Å². The first kappa shape index (κ1) is 8.53. The standard InChI is InChI=1S/C8H14FNO/c1-6(4-10)8(9)7-2-3-11-5-7/h5-6,8H,2-4,10H2,1H3. The molecule has 2 nitrogen and oxygen atoms in total. The zero-order valence-electron chi connectivity index (χ0n) is 6.72. The van der Waals surface area contributed by atoms with Gasteiger partial charge in [0.25, 0.3) is 0 Å². The lowest BCUT2D eigenvalue weighted by Crippen LogP contribution is -2.23. The van der Waals surface area contributed by atoms with Crippen LogP contribution in [0.2, 0.25) is 0 Å². The van der Waals surface area contributed by atoms with Crippen LogP contribution in [0.25, 0.3) is 0 Å². The molecule has 0 spiro atoms. The Morgan fingerprint density at radius 3 is 3.00 bits per heavy atom. The molecule has 2 N–H and O–H groups in total. The molecule has 0 aromatic rings. The monoisotopic (exact) mass is 159 g/mol. The van der Waals surface area contributed by atoms with E-state index in [2.05, 4.69) is 0 Å². The molecular formula is C8H14FNO. The SMILES string of the molecule is CC(CN)C(F)C1=COCC1. The molecule has 0 bridgehead atoms. The fourth-order valence-electron chi connectivity index (χ4n) is 1.09. The minimum absolute atomic E-state index is 0.0945. The first-order chi connectivity index (χ1) is 5.25. The molecule has 0 fully saturated rings. The lowest BCUT2D eigenvalue weighted by Gasteiger charge is -2.13. The van der Waals surface area contributed by atoms with Crippen molar-refractivity contribution in [3.63, 3.8) is 0 Å². The molecule has 0 aromatic carbocycles. The maximum atomic E-state index is 13.3. The molecule has 1 heterocycles. The van der Waals surface area contributed by atoms with Crippen LogP contribution in [0, 0.1) is 5.92 Å². The lowest BCUT2D eigenvalue weighted by atomic mass is 9.99. The van der Waals surface area contributed by atoms with Crippen LogP contribution in [0.1, 0.15) is 13.3 Å². The highest BCUT2D eigenvalue weighted by Gasteiger charge is 2.22. The van der Waals surface area contributed by atoms with Gasteiger partial charge in [-0.1, -0.05) is 6.92 Å². The molecule has 1 aliphatic rings. The van der Waals surface area contributed by atoms with E-state index in [4.69, 9.17) is 10.5 Å². The van der Waals surface area contributed by atoms with Crippen LogP contribution < -0.4 is 5.73 Å². The molecule has 64 valence electrons. The summed E-state index contributed by atoms with van der Waals surface area (Å²) in [5, 5.41) is 0. The van der Waals surface area contributed by atoms with Crippen molar-refractivity contribution in [2.24, 2.45) is 11.7 Å². The molecule has 0 aliphatic carbocycles. The molecule has 0 radical (unpaired) electrons. The second-order valence-electron chi connectivity index (χ2n) is 2.93. The summed E-state index contributed by atoms with van der Waals surface area (Å²) in [6.07, 6.45) is 1.32. The fourth-order valence-corrected chi connectivity index (χ4v) is 1.09. The Morgan fingerprint density at radius 2 is 2.55 bits per heavy atom. The van der Waals surface area contributed by atoms with E-state index in [1.807, 2.05) is 6.92 Å². The van der Waals surface area contributed by atoms with Crippen LogP contribution in [0.15, 0.2) is 11.8 Å². The van der Waals surface area contributed by atoms with Crippen molar-refractivity contribution in [1.29, 1.82) is 0 Å². The normalized spacial score (nSPS) is 22.3. The van der Waals surface area contributed by atoms with E-state index in [1.54, 1.807) is 0 Å². The van der Waals surface area contributed by atoms with Gasteiger partial charge in [-0.2, -0.15) is 0 Å². The summed E-state index contributed by atoms with van der Waals surface area (Å²) in [4.78, 5) is 0. The maximum Gasteiger partial charge on any atom is 0.128 e. The molecular weight excluding hydrogens is 145 g/mol. The topological polar surface area (TPSA) is 35.2 Å². The van der Waals surface area contributed by atoms with Gasteiger partial charge >= 0.3 is 0 Å². The molecule has 0 aromatic heterocycles. The molecule has 0 amide bonds. The van der Waals surface area contributed by atoms with Crippen molar-refractivity contribution in [3.8, 4) is 0 Å². The summed E-state index contributed by atoms with van der Waals surface area (Å²) >= 11 is 0. The van der Waals surface area contributed by atoms with E-state index >= 15 is 0 Å². The zero-order chi connectivity index (χ0) is 8.27. The molecule has 0 saturated heterocycles. The summed E-state index contributed by atoms with van der Waals surface area (Å²) in [5.41, 5.74) is 6.09. The third kappa shape index (κ3) is 1.93. The number of halogens is 1. The smallest absolute Gasteiger partial charge is 0.128 e. The molecule has 0 saturated carbocycles. The second-order valence-corrected chi connectivity index (χ2v) is 2.93. The first-order valence-corrected chi connectivity index (χ1v) is 3.90. The number of alkyl halides is 1. The van der Waals surface area contributed by atoms with Crippen molar-refractivity contribution in [1.82, 2.24) is 0 Å². The summed E-state index contributed by atoms with van der Waals surface area (Å²) in [6, 6.07) is 0. The Labute approximate surface area is 66.2 Å². The Bertz CT molecular complexity index is 158. The largest absolute Gasteiger partial charge is 0.501 e. The van der Waals surface area contributed by atoms with Gasteiger partial charge in [-0.05, 0) is 6.54 Å². The predicted octanol–water partition coefficient (Wildman–Crippen LogP) is 1.22. The van der Waals surface area contributed by atoms with Crippen LogP contribution in [-0.4, -0.2) is 19.3 Å². The number of rotatable bonds is 3. The van der Waals surface area contributed by atoms with E-state index in [1.165, 1.54) is 6.26 Å². The van der Waals surface area contributed by atoms with E-state index < -0.39 is 6.17 Å².